The maximum atomic E-state index is 12.7. The summed E-state index contributed by atoms with van der Waals surface area (Å²) in [5.74, 6) is -0.842. The van der Waals surface area contributed by atoms with Gasteiger partial charge in [-0.1, -0.05) is 30.3 Å². The van der Waals surface area contributed by atoms with E-state index < -0.39 is 12.0 Å². The molecule has 0 aromatic heterocycles. The van der Waals surface area contributed by atoms with Crippen LogP contribution in [-0.2, 0) is 14.3 Å². The van der Waals surface area contributed by atoms with Crippen molar-refractivity contribution in [2.24, 2.45) is 11.7 Å². The number of nitrogens with zero attached hydrogens (tertiary/aromatic N) is 1. The number of carbonyl (C=O) groups excluding carboxylic acids is 3. The highest BCUT2D eigenvalue weighted by Gasteiger charge is 2.35. The van der Waals surface area contributed by atoms with E-state index in [4.69, 9.17) is 10.5 Å². The highest BCUT2D eigenvalue weighted by Crippen LogP contribution is 2.28. The molecule has 1 aromatic rings. The van der Waals surface area contributed by atoms with Crippen LogP contribution in [0.4, 0.5) is 4.79 Å². The average molecular weight is 386 g/mol. The van der Waals surface area contributed by atoms with Crippen LogP contribution in [-0.4, -0.2) is 49.0 Å². The first kappa shape index (κ1) is 19.9. The summed E-state index contributed by atoms with van der Waals surface area (Å²) < 4.78 is 5.27. The third kappa shape index (κ3) is 4.51. The van der Waals surface area contributed by atoms with Gasteiger partial charge in [-0.25, -0.2) is 9.59 Å². The molecule has 0 aliphatic carbocycles. The number of likely N-dealkylation sites (tertiary alicyclic amines) is 1. The second-order valence-electron chi connectivity index (χ2n) is 7.01. The van der Waals surface area contributed by atoms with E-state index in [0.717, 1.165) is 5.56 Å². The molecule has 3 rings (SSSR count). The first-order chi connectivity index (χ1) is 13.5. The number of primary amides is 1. The van der Waals surface area contributed by atoms with E-state index in [9.17, 15) is 14.4 Å². The summed E-state index contributed by atoms with van der Waals surface area (Å²) in [6.07, 6.45) is 1.34. The van der Waals surface area contributed by atoms with Gasteiger partial charge in [-0.3, -0.25) is 9.69 Å². The number of benzene rings is 1. The molecule has 3 amide bonds. The Bertz CT molecular complexity index is 770. The molecule has 1 unspecified atom stereocenters. The molecular formula is C20H26N4O4. The molecule has 0 saturated carbocycles. The third-order valence-corrected chi connectivity index (χ3v) is 5.15. The minimum atomic E-state index is -0.577. The van der Waals surface area contributed by atoms with Crippen molar-refractivity contribution < 1.29 is 19.1 Å². The molecule has 4 N–H and O–H groups in total. The molecule has 2 aliphatic heterocycles. The first-order valence-corrected chi connectivity index (χ1v) is 9.54. The molecule has 0 bridgehead atoms. The van der Waals surface area contributed by atoms with Gasteiger partial charge in [0.1, 0.15) is 0 Å². The Hall–Kier alpha value is -2.87. The van der Waals surface area contributed by atoms with Crippen molar-refractivity contribution in [1.82, 2.24) is 15.5 Å². The van der Waals surface area contributed by atoms with Gasteiger partial charge in [0.15, 0.2) is 0 Å². The third-order valence-electron chi connectivity index (χ3n) is 5.15. The SMILES string of the molecule is CCOC(=O)C1=C(CN2CCC(C(N)=O)CC2)NC(=O)NC1c1ccccc1. The monoisotopic (exact) mass is 386 g/mol. The Morgan fingerprint density at radius 1 is 1.21 bits per heavy atom. The maximum Gasteiger partial charge on any atom is 0.338 e. The van der Waals surface area contributed by atoms with Gasteiger partial charge in [-0.2, -0.15) is 0 Å². The van der Waals surface area contributed by atoms with Crippen molar-refractivity contribution >= 4 is 17.9 Å². The summed E-state index contributed by atoms with van der Waals surface area (Å²) in [7, 11) is 0. The second kappa shape index (κ2) is 8.88. The number of hydrogen-bond donors (Lipinski definition) is 3. The first-order valence-electron chi connectivity index (χ1n) is 9.54. The van der Waals surface area contributed by atoms with Gasteiger partial charge < -0.3 is 21.1 Å². The number of nitrogens with one attached hydrogen (secondary N) is 2. The number of ether oxygens (including phenoxy) is 1. The molecule has 150 valence electrons. The van der Waals surface area contributed by atoms with Crippen LogP contribution < -0.4 is 16.4 Å². The lowest BCUT2D eigenvalue weighted by molar-refractivity contribution is -0.139. The van der Waals surface area contributed by atoms with Gasteiger partial charge >= 0.3 is 12.0 Å². The number of amides is 3. The molecule has 2 aliphatic rings. The Kier molecular flexibility index (Phi) is 6.30. The predicted molar refractivity (Wildman–Crippen MR) is 103 cm³/mol. The average Bonchev–Trinajstić information content (AvgIpc) is 2.68. The molecule has 8 heteroatoms. The highest BCUT2D eigenvalue weighted by molar-refractivity contribution is 5.95. The van der Waals surface area contributed by atoms with E-state index in [-0.39, 0.29) is 24.5 Å². The van der Waals surface area contributed by atoms with Gasteiger partial charge in [-0.15, -0.1) is 0 Å². The summed E-state index contributed by atoms with van der Waals surface area (Å²) in [5, 5.41) is 5.61. The molecule has 1 atom stereocenters. The van der Waals surface area contributed by atoms with Gasteiger partial charge in [0, 0.05) is 18.2 Å². The van der Waals surface area contributed by atoms with Gasteiger partial charge in [0.25, 0.3) is 0 Å². The Labute approximate surface area is 164 Å². The standard InChI is InChI=1S/C20H26N4O4/c1-2-28-19(26)16-15(12-24-10-8-14(9-11-24)18(21)25)22-20(27)23-17(16)13-6-4-3-5-7-13/h3-7,14,17H,2,8-12H2,1H3,(H2,21,25)(H2,22,23,27). The van der Waals surface area contributed by atoms with E-state index in [1.165, 1.54) is 0 Å². The minimum Gasteiger partial charge on any atom is -0.463 e. The lowest BCUT2D eigenvalue weighted by Gasteiger charge is -2.34. The molecule has 8 nitrogen and oxygen atoms in total. The fourth-order valence-corrected chi connectivity index (χ4v) is 3.69. The molecule has 0 radical (unpaired) electrons. The van der Waals surface area contributed by atoms with Crippen molar-refractivity contribution in [3.05, 3.63) is 47.2 Å². The molecule has 28 heavy (non-hydrogen) atoms. The lowest BCUT2D eigenvalue weighted by Crippen LogP contribution is -2.49. The molecule has 0 spiro atoms. The summed E-state index contributed by atoms with van der Waals surface area (Å²) in [4.78, 5) is 38.5. The number of carbonyl (C=O) groups is 3. The van der Waals surface area contributed by atoms with E-state index in [1.807, 2.05) is 30.3 Å². The van der Waals surface area contributed by atoms with Gasteiger partial charge in [0.2, 0.25) is 5.91 Å². The fraction of sp³-hybridized carbons (Fsp3) is 0.450. The van der Waals surface area contributed by atoms with Crippen molar-refractivity contribution in [3.63, 3.8) is 0 Å². The number of hydrogen-bond acceptors (Lipinski definition) is 5. The highest BCUT2D eigenvalue weighted by atomic mass is 16.5. The smallest absolute Gasteiger partial charge is 0.338 e. The normalized spacial score (nSPS) is 21.0. The Morgan fingerprint density at radius 2 is 1.89 bits per heavy atom. The largest absolute Gasteiger partial charge is 0.463 e. The summed E-state index contributed by atoms with van der Waals surface area (Å²) in [6.45, 7) is 3.74. The van der Waals surface area contributed by atoms with Gasteiger partial charge in [-0.05, 0) is 38.4 Å². The zero-order chi connectivity index (χ0) is 20.1. The summed E-state index contributed by atoms with van der Waals surface area (Å²) >= 11 is 0. The zero-order valence-corrected chi connectivity index (χ0v) is 15.9. The van der Waals surface area contributed by atoms with Crippen molar-refractivity contribution in [3.8, 4) is 0 Å². The fourth-order valence-electron chi connectivity index (χ4n) is 3.69. The van der Waals surface area contributed by atoms with Crippen molar-refractivity contribution in [1.29, 1.82) is 0 Å². The summed E-state index contributed by atoms with van der Waals surface area (Å²) in [5.41, 5.74) is 7.15. The number of rotatable bonds is 6. The topological polar surface area (TPSA) is 114 Å². The quantitative estimate of drug-likeness (QED) is 0.633. The van der Waals surface area contributed by atoms with Crippen molar-refractivity contribution in [2.75, 3.05) is 26.2 Å². The van der Waals surface area contributed by atoms with Crippen LogP contribution in [0.3, 0.4) is 0 Å². The van der Waals surface area contributed by atoms with E-state index in [0.29, 0.717) is 43.7 Å². The predicted octanol–water partition coefficient (Wildman–Crippen LogP) is 1.06. The van der Waals surface area contributed by atoms with E-state index in [1.54, 1.807) is 6.92 Å². The maximum absolute atomic E-state index is 12.7. The minimum absolute atomic E-state index is 0.116. The van der Waals surface area contributed by atoms with E-state index >= 15 is 0 Å². The van der Waals surface area contributed by atoms with Gasteiger partial charge in [0.05, 0.1) is 18.2 Å². The molecule has 1 fully saturated rings. The van der Waals surface area contributed by atoms with Crippen LogP contribution in [0.1, 0.15) is 31.4 Å². The van der Waals surface area contributed by atoms with Crippen LogP contribution in [0.2, 0.25) is 0 Å². The van der Waals surface area contributed by atoms with Crippen LogP contribution in [0.15, 0.2) is 41.6 Å². The Morgan fingerprint density at radius 3 is 2.50 bits per heavy atom. The molecule has 1 aromatic carbocycles. The second-order valence-corrected chi connectivity index (χ2v) is 7.01. The number of piperidine rings is 1. The number of urea groups is 1. The van der Waals surface area contributed by atoms with Crippen molar-refractivity contribution in [2.45, 2.75) is 25.8 Å². The summed E-state index contributed by atoms with van der Waals surface area (Å²) in [6, 6.07) is 8.40. The Balaban J connectivity index is 1.87. The number of nitrogens with two attached hydrogens (primary N) is 1. The van der Waals surface area contributed by atoms with Crippen LogP contribution in [0, 0.1) is 5.92 Å². The molecule has 2 heterocycles. The van der Waals surface area contributed by atoms with E-state index in [2.05, 4.69) is 15.5 Å². The molecular weight excluding hydrogens is 360 g/mol. The van der Waals surface area contributed by atoms with Crippen LogP contribution >= 0.6 is 0 Å². The zero-order valence-electron chi connectivity index (χ0n) is 15.9. The number of esters is 1. The van der Waals surface area contributed by atoms with Crippen LogP contribution in [0.25, 0.3) is 0 Å². The molecule has 1 saturated heterocycles. The van der Waals surface area contributed by atoms with Crippen LogP contribution in [0.5, 0.6) is 0 Å². The lowest BCUT2D eigenvalue weighted by atomic mass is 9.93.